The Morgan fingerprint density at radius 1 is 1.47 bits per heavy atom. The van der Waals surface area contributed by atoms with Crippen LogP contribution in [0.1, 0.15) is 39.0 Å². The maximum atomic E-state index is 11.6. The van der Waals surface area contributed by atoms with Gasteiger partial charge in [0.25, 0.3) is 0 Å². The maximum Gasteiger partial charge on any atom is 0.306 e. The summed E-state index contributed by atoms with van der Waals surface area (Å²) in [5.41, 5.74) is -1.39. The average molecular weight is 272 g/mol. The van der Waals surface area contributed by atoms with E-state index in [2.05, 4.69) is 10.6 Å². The van der Waals surface area contributed by atoms with Gasteiger partial charge in [-0.1, -0.05) is 0 Å². The van der Waals surface area contributed by atoms with E-state index in [4.69, 9.17) is 5.11 Å². The van der Waals surface area contributed by atoms with Gasteiger partial charge >= 0.3 is 5.97 Å². The lowest BCUT2D eigenvalue weighted by Crippen LogP contribution is -2.42. The van der Waals surface area contributed by atoms with E-state index in [-0.39, 0.29) is 18.9 Å². The number of hydrogen-bond acceptors (Lipinski definition) is 4. The van der Waals surface area contributed by atoms with Gasteiger partial charge in [0.1, 0.15) is 0 Å². The molecule has 1 rings (SSSR count). The monoisotopic (exact) mass is 272 g/mol. The van der Waals surface area contributed by atoms with Crippen LogP contribution in [0.3, 0.4) is 0 Å². The first-order chi connectivity index (χ1) is 8.89. The molecule has 1 fully saturated rings. The quantitative estimate of drug-likeness (QED) is 0.527. The van der Waals surface area contributed by atoms with Gasteiger partial charge in [-0.15, -0.1) is 0 Å². The molecule has 19 heavy (non-hydrogen) atoms. The van der Waals surface area contributed by atoms with Crippen molar-refractivity contribution in [2.24, 2.45) is 5.92 Å². The number of carbonyl (C=O) groups is 2. The molecule has 1 aliphatic rings. The highest BCUT2D eigenvalue weighted by Gasteiger charge is 2.25. The molecule has 4 N–H and O–H groups in total. The first-order valence-corrected chi connectivity index (χ1v) is 6.81. The highest BCUT2D eigenvalue weighted by molar-refractivity contribution is 5.76. The smallest absolute Gasteiger partial charge is 0.306 e. The molecule has 6 heteroatoms. The number of rotatable bonds is 7. The standard InChI is InChI=1S/C13H24N2O4/c1-13(19,7-12(17)18)9-15-11(16)5-4-10-3-2-6-14-8-10/h10,14,19H,2-9H2,1H3,(H,15,16)(H,17,18). The lowest BCUT2D eigenvalue weighted by atomic mass is 9.94. The lowest BCUT2D eigenvalue weighted by molar-refractivity contribution is -0.142. The van der Waals surface area contributed by atoms with Crippen molar-refractivity contribution in [3.63, 3.8) is 0 Å². The topological polar surface area (TPSA) is 98.7 Å². The molecule has 0 aromatic heterocycles. The van der Waals surface area contributed by atoms with Crippen LogP contribution in [0.15, 0.2) is 0 Å². The third-order valence-corrected chi connectivity index (χ3v) is 3.38. The Morgan fingerprint density at radius 2 is 2.21 bits per heavy atom. The number of carboxylic acids is 1. The van der Waals surface area contributed by atoms with E-state index in [1.165, 1.54) is 6.92 Å². The van der Waals surface area contributed by atoms with E-state index in [1.807, 2.05) is 0 Å². The highest BCUT2D eigenvalue weighted by Crippen LogP contribution is 2.15. The molecule has 0 aliphatic carbocycles. The summed E-state index contributed by atoms with van der Waals surface area (Å²) in [6, 6.07) is 0. The summed E-state index contributed by atoms with van der Waals surface area (Å²) in [6.45, 7) is 3.40. The fourth-order valence-corrected chi connectivity index (χ4v) is 2.27. The molecular formula is C13H24N2O4. The summed E-state index contributed by atoms with van der Waals surface area (Å²) in [5.74, 6) is -0.664. The van der Waals surface area contributed by atoms with Crippen LogP contribution in [-0.2, 0) is 9.59 Å². The Bertz CT molecular complexity index is 312. The van der Waals surface area contributed by atoms with Crippen LogP contribution in [0.5, 0.6) is 0 Å². The summed E-state index contributed by atoms with van der Waals surface area (Å²) in [4.78, 5) is 22.1. The predicted octanol–water partition coefficient (Wildman–Crippen LogP) is 0.108. The molecule has 6 nitrogen and oxygen atoms in total. The molecule has 1 saturated heterocycles. The molecule has 1 heterocycles. The SMILES string of the molecule is CC(O)(CNC(=O)CCC1CCCNC1)CC(=O)O. The second kappa shape index (κ2) is 7.45. The van der Waals surface area contributed by atoms with E-state index < -0.39 is 11.6 Å². The Hall–Kier alpha value is -1.14. The summed E-state index contributed by atoms with van der Waals surface area (Å²) in [6.07, 6.45) is 3.19. The molecule has 1 aliphatic heterocycles. The van der Waals surface area contributed by atoms with Gasteiger partial charge in [0, 0.05) is 13.0 Å². The summed E-state index contributed by atoms with van der Waals surface area (Å²) < 4.78 is 0. The fraction of sp³-hybridized carbons (Fsp3) is 0.846. The summed E-state index contributed by atoms with van der Waals surface area (Å²) in [5, 5.41) is 24.2. The van der Waals surface area contributed by atoms with Crippen molar-refractivity contribution in [3.05, 3.63) is 0 Å². The van der Waals surface area contributed by atoms with E-state index in [9.17, 15) is 14.7 Å². The number of hydrogen-bond donors (Lipinski definition) is 4. The van der Waals surface area contributed by atoms with Crippen LogP contribution in [0, 0.1) is 5.92 Å². The molecule has 0 radical (unpaired) electrons. The minimum atomic E-state index is -1.39. The highest BCUT2D eigenvalue weighted by atomic mass is 16.4. The summed E-state index contributed by atoms with van der Waals surface area (Å²) >= 11 is 0. The Morgan fingerprint density at radius 3 is 2.79 bits per heavy atom. The zero-order chi connectivity index (χ0) is 14.3. The second-order valence-electron chi connectivity index (χ2n) is 5.60. The number of carboxylic acid groups (broad SMARTS) is 1. The van der Waals surface area contributed by atoms with Gasteiger partial charge in [-0.2, -0.15) is 0 Å². The van der Waals surface area contributed by atoms with Crippen molar-refractivity contribution < 1.29 is 19.8 Å². The molecule has 0 aromatic carbocycles. The number of nitrogens with one attached hydrogen (secondary N) is 2. The number of piperidine rings is 1. The minimum absolute atomic E-state index is 0.0267. The van der Waals surface area contributed by atoms with Crippen LogP contribution in [0.25, 0.3) is 0 Å². The third kappa shape index (κ3) is 7.12. The molecule has 1 amide bonds. The molecule has 110 valence electrons. The predicted molar refractivity (Wildman–Crippen MR) is 70.7 cm³/mol. The molecule has 2 atom stereocenters. The van der Waals surface area contributed by atoms with Crippen LogP contribution in [0.2, 0.25) is 0 Å². The number of carbonyl (C=O) groups excluding carboxylic acids is 1. The van der Waals surface area contributed by atoms with Gasteiger partial charge in [0.15, 0.2) is 0 Å². The normalized spacial score (nSPS) is 22.5. The van der Waals surface area contributed by atoms with Crippen LogP contribution >= 0.6 is 0 Å². The van der Waals surface area contributed by atoms with E-state index in [0.717, 1.165) is 32.4 Å². The van der Waals surface area contributed by atoms with Gasteiger partial charge in [0.05, 0.1) is 12.0 Å². The molecule has 0 bridgehead atoms. The Kier molecular flexibility index (Phi) is 6.24. The number of amides is 1. The summed E-state index contributed by atoms with van der Waals surface area (Å²) in [7, 11) is 0. The molecular weight excluding hydrogens is 248 g/mol. The second-order valence-corrected chi connectivity index (χ2v) is 5.60. The fourth-order valence-electron chi connectivity index (χ4n) is 2.27. The molecule has 2 unspecified atom stereocenters. The van der Waals surface area contributed by atoms with Crippen molar-refractivity contribution in [1.82, 2.24) is 10.6 Å². The molecule has 0 saturated carbocycles. The van der Waals surface area contributed by atoms with Crippen LogP contribution in [-0.4, -0.2) is 47.3 Å². The van der Waals surface area contributed by atoms with Gasteiger partial charge < -0.3 is 20.8 Å². The van der Waals surface area contributed by atoms with Gasteiger partial charge in [0.2, 0.25) is 5.91 Å². The Labute approximate surface area is 113 Å². The van der Waals surface area contributed by atoms with Crippen LogP contribution < -0.4 is 10.6 Å². The van der Waals surface area contributed by atoms with E-state index in [0.29, 0.717) is 12.3 Å². The first-order valence-electron chi connectivity index (χ1n) is 6.81. The van der Waals surface area contributed by atoms with Crippen molar-refractivity contribution in [2.75, 3.05) is 19.6 Å². The third-order valence-electron chi connectivity index (χ3n) is 3.38. The zero-order valence-electron chi connectivity index (χ0n) is 11.4. The largest absolute Gasteiger partial charge is 0.481 e. The average Bonchev–Trinajstić information content (AvgIpc) is 2.34. The molecule has 0 aromatic rings. The number of aliphatic hydroxyl groups is 1. The Balaban J connectivity index is 2.18. The van der Waals surface area contributed by atoms with Crippen molar-refractivity contribution >= 4 is 11.9 Å². The van der Waals surface area contributed by atoms with Crippen molar-refractivity contribution in [2.45, 2.75) is 44.6 Å². The van der Waals surface area contributed by atoms with E-state index >= 15 is 0 Å². The van der Waals surface area contributed by atoms with Crippen LogP contribution in [0.4, 0.5) is 0 Å². The van der Waals surface area contributed by atoms with Gasteiger partial charge in [-0.25, -0.2) is 0 Å². The van der Waals surface area contributed by atoms with Crippen molar-refractivity contribution in [1.29, 1.82) is 0 Å². The zero-order valence-corrected chi connectivity index (χ0v) is 11.4. The van der Waals surface area contributed by atoms with Gasteiger partial charge in [-0.3, -0.25) is 9.59 Å². The van der Waals surface area contributed by atoms with E-state index in [1.54, 1.807) is 0 Å². The maximum absolute atomic E-state index is 11.6. The minimum Gasteiger partial charge on any atom is -0.481 e. The number of aliphatic carboxylic acids is 1. The molecule has 0 spiro atoms. The first kappa shape index (κ1) is 15.9. The van der Waals surface area contributed by atoms with Crippen molar-refractivity contribution in [3.8, 4) is 0 Å². The van der Waals surface area contributed by atoms with Gasteiger partial charge in [-0.05, 0) is 45.2 Å². The lowest BCUT2D eigenvalue weighted by Gasteiger charge is -2.23.